The Morgan fingerprint density at radius 1 is 0.955 bits per heavy atom. The van der Waals surface area contributed by atoms with Gasteiger partial charge in [0.1, 0.15) is 11.4 Å². The van der Waals surface area contributed by atoms with Crippen molar-refractivity contribution in [1.82, 2.24) is 14.9 Å². The number of furan rings is 1. The zero-order valence-corrected chi connectivity index (χ0v) is 12.4. The lowest BCUT2D eigenvalue weighted by molar-refractivity contribution is 0.247. The van der Waals surface area contributed by atoms with Gasteiger partial charge in [-0.2, -0.15) is 0 Å². The van der Waals surface area contributed by atoms with E-state index in [0.717, 1.165) is 55.2 Å². The molecule has 0 atom stereocenters. The molecular formula is C17H18N4O. The third-order valence-electron chi connectivity index (χ3n) is 4.14. The number of hydrogen-bond donors (Lipinski definition) is 0. The number of rotatable bonds is 3. The summed E-state index contributed by atoms with van der Waals surface area (Å²) in [6, 6.07) is 10.00. The van der Waals surface area contributed by atoms with E-state index in [9.17, 15) is 0 Å². The van der Waals surface area contributed by atoms with E-state index in [0.29, 0.717) is 0 Å². The monoisotopic (exact) mass is 294 g/mol. The summed E-state index contributed by atoms with van der Waals surface area (Å²) in [4.78, 5) is 13.7. The predicted octanol–water partition coefficient (Wildman–Crippen LogP) is 2.55. The largest absolute Gasteiger partial charge is 0.464 e. The molecule has 5 nitrogen and oxygen atoms in total. The highest BCUT2D eigenvalue weighted by molar-refractivity contribution is 5.88. The van der Waals surface area contributed by atoms with Crippen molar-refractivity contribution in [2.45, 2.75) is 6.54 Å². The van der Waals surface area contributed by atoms with Gasteiger partial charge < -0.3 is 9.32 Å². The van der Waals surface area contributed by atoms with Gasteiger partial charge in [-0.3, -0.25) is 9.88 Å². The van der Waals surface area contributed by atoms with Gasteiger partial charge in [-0.25, -0.2) is 4.98 Å². The van der Waals surface area contributed by atoms with Crippen molar-refractivity contribution >= 4 is 16.8 Å². The van der Waals surface area contributed by atoms with Crippen LogP contribution in [0.4, 0.5) is 5.82 Å². The Morgan fingerprint density at radius 3 is 2.68 bits per heavy atom. The average Bonchev–Trinajstić information content (AvgIpc) is 3.05. The summed E-state index contributed by atoms with van der Waals surface area (Å²) < 4.78 is 5.46. The quantitative estimate of drug-likeness (QED) is 0.743. The minimum absolute atomic E-state index is 0.904. The van der Waals surface area contributed by atoms with Crippen LogP contribution in [-0.4, -0.2) is 41.0 Å². The number of pyridine rings is 2. The molecule has 4 heterocycles. The first kappa shape index (κ1) is 13.3. The first-order chi connectivity index (χ1) is 10.9. The molecule has 5 heteroatoms. The first-order valence-corrected chi connectivity index (χ1v) is 7.59. The lowest BCUT2D eigenvalue weighted by Crippen LogP contribution is -2.46. The summed E-state index contributed by atoms with van der Waals surface area (Å²) >= 11 is 0. The Balaban J connectivity index is 1.45. The third kappa shape index (κ3) is 2.55. The Kier molecular flexibility index (Phi) is 3.48. The maximum atomic E-state index is 5.46. The van der Waals surface area contributed by atoms with E-state index < -0.39 is 0 Å². The van der Waals surface area contributed by atoms with Crippen molar-refractivity contribution < 1.29 is 4.42 Å². The second-order valence-electron chi connectivity index (χ2n) is 5.55. The number of nitrogens with zero attached hydrogens (tertiary/aromatic N) is 4. The van der Waals surface area contributed by atoms with Crippen LogP contribution in [0.2, 0.25) is 0 Å². The molecule has 0 N–H and O–H groups in total. The van der Waals surface area contributed by atoms with Gasteiger partial charge in [-0.1, -0.05) is 6.07 Å². The summed E-state index contributed by atoms with van der Waals surface area (Å²) in [5.41, 5.74) is 2.03. The Labute approximate surface area is 129 Å². The SMILES string of the molecule is c1ccc(CN2CCN(c3nccc4occc34)CC2)nc1. The molecule has 1 aliphatic rings. The molecule has 3 aromatic rings. The topological polar surface area (TPSA) is 45.4 Å². The van der Waals surface area contributed by atoms with E-state index in [4.69, 9.17) is 4.42 Å². The molecule has 0 aliphatic carbocycles. The molecule has 0 spiro atoms. The fourth-order valence-electron chi connectivity index (χ4n) is 2.97. The van der Waals surface area contributed by atoms with Crippen LogP contribution in [0.3, 0.4) is 0 Å². The van der Waals surface area contributed by atoms with Crippen LogP contribution < -0.4 is 4.90 Å². The van der Waals surface area contributed by atoms with E-state index in [1.165, 1.54) is 0 Å². The molecule has 0 unspecified atom stereocenters. The van der Waals surface area contributed by atoms with Crippen LogP contribution in [0.5, 0.6) is 0 Å². The van der Waals surface area contributed by atoms with Gasteiger partial charge in [0.05, 0.1) is 17.3 Å². The number of anilines is 1. The maximum absolute atomic E-state index is 5.46. The molecule has 0 aromatic carbocycles. The molecule has 0 amide bonds. The van der Waals surface area contributed by atoms with Gasteiger partial charge in [0, 0.05) is 45.1 Å². The third-order valence-corrected chi connectivity index (χ3v) is 4.14. The highest BCUT2D eigenvalue weighted by Gasteiger charge is 2.20. The highest BCUT2D eigenvalue weighted by atomic mass is 16.3. The summed E-state index contributed by atoms with van der Waals surface area (Å²) in [7, 11) is 0. The standard InChI is InChI=1S/C17H18N4O/c1-2-6-18-14(3-1)13-20-8-10-21(11-9-20)17-15-5-12-22-16(15)4-7-19-17/h1-7,12H,8-11,13H2. The van der Waals surface area contributed by atoms with Gasteiger partial charge in [0.15, 0.2) is 0 Å². The Hall–Kier alpha value is -2.40. The molecule has 22 heavy (non-hydrogen) atoms. The van der Waals surface area contributed by atoms with Crippen LogP contribution in [0.15, 0.2) is 53.4 Å². The molecule has 0 bridgehead atoms. The summed E-state index contributed by atoms with van der Waals surface area (Å²) in [6.45, 7) is 4.91. The smallest absolute Gasteiger partial charge is 0.139 e. The highest BCUT2D eigenvalue weighted by Crippen LogP contribution is 2.26. The van der Waals surface area contributed by atoms with Crippen LogP contribution in [0, 0.1) is 0 Å². The number of hydrogen-bond acceptors (Lipinski definition) is 5. The van der Waals surface area contributed by atoms with E-state index in [1.807, 2.05) is 36.7 Å². The van der Waals surface area contributed by atoms with Crippen molar-refractivity contribution in [3.05, 3.63) is 54.7 Å². The van der Waals surface area contributed by atoms with Crippen molar-refractivity contribution in [3.8, 4) is 0 Å². The van der Waals surface area contributed by atoms with Gasteiger partial charge in [-0.05, 0) is 24.3 Å². The lowest BCUT2D eigenvalue weighted by atomic mass is 10.2. The molecule has 0 saturated carbocycles. The van der Waals surface area contributed by atoms with E-state index in [2.05, 4.69) is 25.8 Å². The zero-order valence-electron chi connectivity index (χ0n) is 12.4. The van der Waals surface area contributed by atoms with Crippen molar-refractivity contribution in [2.75, 3.05) is 31.1 Å². The predicted molar refractivity (Wildman–Crippen MR) is 85.7 cm³/mol. The molecule has 3 aromatic heterocycles. The summed E-state index contributed by atoms with van der Waals surface area (Å²) in [6.07, 6.45) is 5.41. The van der Waals surface area contributed by atoms with Crippen LogP contribution >= 0.6 is 0 Å². The molecule has 0 radical (unpaired) electrons. The lowest BCUT2D eigenvalue weighted by Gasteiger charge is -2.35. The van der Waals surface area contributed by atoms with Crippen molar-refractivity contribution in [1.29, 1.82) is 0 Å². The number of aromatic nitrogens is 2. The molecule has 4 rings (SSSR count). The summed E-state index contributed by atoms with van der Waals surface area (Å²) in [5, 5.41) is 1.10. The van der Waals surface area contributed by atoms with Gasteiger partial charge in [-0.15, -0.1) is 0 Å². The van der Waals surface area contributed by atoms with Crippen LogP contribution in [-0.2, 0) is 6.54 Å². The number of piperazine rings is 1. The van der Waals surface area contributed by atoms with Gasteiger partial charge >= 0.3 is 0 Å². The Bertz CT molecular complexity index is 747. The van der Waals surface area contributed by atoms with Crippen molar-refractivity contribution in [2.24, 2.45) is 0 Å². The zero-order chi connectivity index (χ0) is 14.8. The maximum Gasteiger partial charge on any atom is 0.139 e. The van der Waals surface area contributed by atoms with E-state index in [-0.39, 0.29) is 0 Å². The molecule has 112 valence electrons. The second kappa shape index (κ2) is 5.77. The molecular weight excluding hydrogens is 276 g/mol. The fraction of sp³-hybridized carbons (Fsp3) is 0.294. The average molecular weight is 294 g/mol. The first-order valence-electron chi connectivity index (χ1n) is 7.59. The normalized spacial score (nSPS) is 16.3. The molecule has 1 saturated heterocycles. The molecule has 1 aliphatic heterocycles. The van der Waals surface area contributed by atoms with E-state index in [1.54, 1.807) is 6.26 Å². The molecule has 1 fully saturated rings. The van der Waals surface area contributed by atoms with Gasteiger partial charge in [0.25, 0.3) is 0 Å². The van der Waals surface area contributed by atoms with Gasteiger partial charge in [0.2, 0.25) is 0 Å². The minimum Gasteiger partial charge on any atom is -0.464 e. The second-order valence-corrected chi connectivity index (χ2v) is 5.55. The Morgan fingerprint density at radius 2 is 1.86 bits per heavy atom. The van der Waals surface area contributed by atoms with Crippen LogP contribution in [0.25, 0.3) is 11.0 Å². The number of fused-ring (bicyclic) bond motifs is 1. The van der Waals surface area contributed by atoms with Crippen molar-refractivity contribution in [3.63, 3.8) is 0 Å². The summed E-state index contributed by atoms with van der Waals surface area (Å²) in [5.74, 6) is 1.03. The van der Waals surface area contributed by atoms with E-state index >= 15 is 0 Å². The minimum atomic E-state index is 0.904. The fourth-order valence-corrected chi connectivity index (χ4v) is 2.97. The van der Waals surface area contributed by atoms with Crippen LogP contribution in [0.1, 0.15) is 5.69 Å².